The third kappa shape index (κ3) is 6.34. The first-order chi connectivity index (χ1) is 24.9. The van der Waals surface area contributed by atoms with Crippen LogP contribution in [-0.4, -0.2) is 10.9 Å². The van der Waals surface area contributed by atoms with Gasteiger partial charge in [-0.1, -0.05) is 0 Å². The Balaban J connectivity index is 1.92. The maximum atomic E-state index is 7.54. The van der Waals surface area contributed by atoms with Crippen LogP contribution in [0.1, 0.15) is 20.3 Å². The van der Waals surface area contributed by atoms with Crippen molar-refractivity contribution in [2.45, 2.75) is 31.2 Å². The van der Waals surface area contributed by atoms with Crippen molar-refractivity contribution in [3.8, 4) is 5.75 Å². The van der Waals surface area contributed by atoms with E-state index in [1.54, 1.807) is 6.08 Å². The fraction of sp³-hybridized carbons (Fsp3) is 0.106. The Morgan fingerprint density at radius 3 is 1.55 bits per heavy atom. The van der Waals surface area contributed by atoms with Crippen molar-refractivity contribution in [3.63, 3.8) is 0 Å². The molecule has 1 heterocycles. The summed E-state index contributed by atoms with van der Waals surface area (Å²) in [5.41, 5.74) is 9.64. The molecule has 1 aliphatic rings. The number of rotatable bonds is 11. The molecule has 51 heavy (non-hydrogen) atoms. The van der Waals surface area contributed by atoms with Crippen molar-refractivity contribution in [3.05, 3.63) is 218 Å². The van der Waals surface area contributed by atoms with Gasteiger partial charge in [0.15, 0.2) is 0 Å². The fourth-order valence-corrected chi connectivity index (χ4v) is 24.1. The standard InChI is InChI=1S/C47H49NOP2/c1-5-7-13-25-38(3)43(48)37-47(4)50(39-26-15-9-16-27-39,40-28-17-10-18-29-40)45-35-24-23-34-44(45)49-46(36-14-8-6-2)51(47,41-30-19-11-20-31-41)42-32-21-12-22-33-42/h5-36,43,50-51H,1-2,37,48H2,3-4H3/b13-7-,14-8-,38-25+,46-36+. The van der Waals surface area contributed by atoms with Crippen molar-refractivity contribution in [1.82, 2.24) is 0 Å². The van der Waals surface area contributed by atoms with Gasteiger partial charge in [0.2, 0.25) is 0 Å². The quantitative estimate of drug-likeness (QED) is 0.110. The zero-order chi connectivity index (χ0) is 35.7. The van der Waals surface area contributed by atoms with Crippen LogP contribution in [-0.2, 0) is 0 Å². The first-order valence-electron chi connectivity index (χ1n) is 17.7. The molecule has 0 amide bonds. The molecule has 0 radical (unpaired) electrons. The molecule has 2 unspecified atom stereocenters. The summed E-state index contributed by atoms with van der Waals surface area (Å²) >= 11 is 0. The van der Waals surface area contributed by atoms with Crippen LogP contribution in [0.15, 0.2) is 218 Å². The number of benzene rings is 5. The molecular formula is C47H49NOP2. The molecule has 258 valence electrons. The molecule has 1 aliphatic heterocycles. The first-order valence-corrected chi connectivity index (χ1v) is 21.7. The minimum atomic E-state index is -3.29. The molecule has 0 saturated heterocycles. The summed E-state index contributed by atoms with van der Waals surface area (Å²) in [5.74, 6) is 0.900. The number of fused-ring (bicyclic) bond motifs is 1. The van der Waals surface area contributed by atoms with E-state index in [0.717, 1.165) is 16.8 Å². The molecule has 5 aromatic carbocycles. The van der Waals surface area contributed by atoms with E-state index < -0.39 is 19.4 Å². The van der Waals surface area contributed by atoms with E-state index in [0.29, 0.717) is 6.42 Å². The maximum absolute atomic E-state index is 7.54. The molecule has 2 nitrogen and oxygen atoms in total. The van der Waals surface area contributed by atoms with Gasteiger partial charge < -0.3 is 0 Å². The molecule has 4 heteroatoms. The van der Waals surface area contributed by atoms with Crippen LogP contribution in [0.25, 0.3) is 0 Å². The van der Waals surface area contributed by atoms with Crippen LogP contribution >= 0.6 is 14.5 Å². The van der Waals surface area contributed by atoms with Gasteiger partial charge in [-0.05, 0) is 0 Å². The van der Waals surface area contributed by atoms with Gasteiger partial charge in [-0.15, -0.1) is 0 Å². The molecule has 6 rings (SSSR count). The molecule has 2 atom stereocenters. The van der Waals surface area contributed by atoms with E-state index in [-0.39, 0.29) is 6.04 Å². The summed E-state index contributed by atoms with van der Waals surface area (Å²) in [7, 11) is -6.48. The topological polar surface area (TPSA) is 35.2 Å². The Hall–Kier alpha value is -4.84. The van der Waals surface area contributed by atoms with E-state index in [4.69, 9.17) is 10.5 Å². The third-order valence-electron chi connectivity index (χ3n) is 10.7. The van der Waals surface area contributed by atoms with E-state index in [1.807, 2.05) is 24.3 Å². The SMILES string of the molecule is C=C/C=C\C=C(/C)C(N)CC1(C)[PH](c2ccccc2)(c2ccccc2)/C(=C/C=C\C=C)Oc2ccccc2[PH]1(c1ccccc1)c1ccccc1. The van der Waals surface area contributed by atoms with Crippen LogP contribution in [0.2, 0.25) is 0 Å². The average molecular weight is 706 g/mol. The Kier molecular flexibility index (Phi) is 11.3. The molecule has 0 saturated carbocycles. The first kappa shape index (κ1) is 36.0. The van der Waals surface area contributed by atoms with E-state index in [2.05, 4.69) is 191 Å². The minimum absolute atomic E-state index is 0.252. The van der Waals surface area contributed by atoms with E-state index >= 15 is 0 Å². The second-order valence-electron chi connectivity index (χ2n) is 13.4. The Morgan fingerprint density at radius 1 is 0.627 bits per heavy atom. The van der Waals surface area contributed by atoms with Crippen molar-refractivity contribution < 1.29 is 4.74 Å². The Morgan fingerprint density at radius 2 is 1.06 bits per heavy atom. The molecule has 0 aromatic heterocycles. The van der Waals surface area contributed by atoms with Crippen LogP contribution in [0.5, 0.6) is 5.75 Å². The zero-order valence-corrected chi connectivity index (χ0v) is 31.7. The van der Waals surface area contributed by atoms with Gasteiger partial charge in [0, 0.05) is 0 Å². The third-order valence-corrected chi connectivity index (χ3v) is 23.7. The number of hydrogen-bond acceptors (Lipinski definition) is 2. The number of para-hydroxylation sites is 1. The van der Waals surface area contributed by atoms with Crippen molar-refractivity contribution in [1.29, 1.82) is 0 Å². The number of ether oxygens (including phenoxy) is 1. The Bertz CT molecular complexity index is 1990. The number of allylic oxidation sites excluding steroid dienone is 8. The summed E-state index contributed by atoms with van der Waals surface area (Å²) in [4.78, 5) is -0.470. The molecule has 0 aliphatic carbocycles. The van der Waals surface area contributed by atoms with Crippen LogP contribution in [0, 0.1) is 0 Å². The van der Waals surface area contributed by atoms with Gasteiger partial charge in [0.05, 0.1) is 0 Å². The molecule has 0 bridgehead atoms. The van der Waals surface area contributed by atoms with Gasteiger partial charge in [0.25, 0.3) is 0 Å². The van der Waals surface area contributed by atoms with Crippen molar-refractivity contribution in [2.24, 2.45) is 5.73 Å². The van der Waals surface area contributed by atoms with Crippen molar-refractivity contribution >= 4 is 41.0 Å². The predicted octanol–water partition coefficient (Wildman–Crippen LogP) is 9.21. The van der Waals surface area contributed by atoms with Crippen LogP contribution in [0.3, 0.4) is 0 Å². The molecule has 5 aromatic rings. The van der Waals surface area contributed by atoms with Gasteiger partial charge >= 0.3 is 307 Å². The van der Waals surface area contributed by atoms with Gasteiger partial charge in [-0.25, -0.2) is 0 Å². The fourth-order valence-electron chi connectivity index (χ4n) is 8.56. The zero-order valence-electron chi connectivity index (χ0n) is 29.7. The van der Waals surface area contributed by atoms with Crippen molar-refractivity contribution in [2.75, 3.05) is 0 Å². The number of hydrogen-bond donors (Lipinski definition) is 1. The second kappa shape index (κ2) is 16.0. The molecule has 0 fully saturated rings. The van der Waals surface area contributed by atoms with Gasteiger partial charge in [-0.3, -0.25) is 0 Å². The summed E-state index contributed by atoms with van der Waals surface area (Å²) in [6, 6.07) is 53.3. The summed E-state index contributed by atoms with van der Waals surface area (Å²) in [6.45, 7) is 12.6. The summed E-state index contributed by atoms with van der Waals surface area (Å²) < 4.78 is 7.54. The monoisotopic (exact) mass is 705 g/mol. The molecule has 2 N–H and O–H groups in total. The van der Waals surface area contributed by atoms with E-state index in [9.17, 15) is 0 Å². The summed E-state index contributed by atoms with van der Waals surface area (Å²) in [5, 5.41) is 6.50. The second-order valence-corrected chi connectivity index (χ2v) is 22.4. The Labute approximate surface area is 305 Å². The van der Waals surface area contributed by atoms with Gasteiger partial charge in [0.1, 0.15) is 0 Å². The summed E-state index contributed by atoms with van der Waals surface area (Å²) in [6.07, 6.45) is 16.8. The van der Waals surface area contributed by atoms with E-state index in [1.165, 1.54) is 26.5 Å². The number of nitrogens with two attached hydrogens (primary N) is 1. The van der Waals surface area contributed by atoms with Crippen LogP contribution < -0.4 is 37.0 Å². The molecule has 0 spiro atoms. The normalized spacial score (nSPS) is 20.8. The molecular weight excluding hydrogens is 656 g/mol. The van der Waals surface area contributed by atoms with Crippen LogP contribution in [0.4, 0.5) is 0 Å². The van der Waals surface area contributed by atoms with Gasteiger partial charge in [-0.2, -0.15) is 0 Å². The average Bonchev–Trinajstić information content (AvgIpc) is 3.25. The predicted molar refractivity (Wildman–Crippen MR) is 229 cm³/mol.